The van der Waals surface area contributed by atoms with Crippen LogP contribution in [0, 0.1) is 0 Å². The number of rotatable bonds is 2. The zero-order chi connectivity index (χ0) is 9.84. The van der Waals surface area contributed by atoms with Gasteiger partial charge >= 0.3 is 0 Å². The van der Waals surface area contributed by atoms with Crippen molar-refractivity contribution in [3.05, 3.63) is 11.8 Å². The summed E-state index contributed by atoms with van der Waals surface area (Å²) in [6.45, 7) is 1.66. The van der Waals surface area contributed by atoms with Crippen LogP contribution in [0.3, 0.4) is 0 Å². The van der Waals surface area contributed by atoms with E-state index in [4.69, 9.17) is 5.73 Å². The zero-order valence-electron chi connectivity index (χ0n) is 7.15. The molecule has 70 valence electrons. The fourth-order valence-electron chi connectivity index (χ4n) is 0.866. The average Bonchev–Trinajstić information content (AvgIpc) is 2.03. The number of hydrogen-bond acceptors (Lipinski definition) is 4. The lowest BCUT2D eigenvalue weighted by molar-refractivity contribution is -0.122. The van der Waals surface area contributed by atoms with Gasteiger partial charge in [-0.2, -0.15) is 0 Å². The maximum absolute atomic E-state index is 10.7. The number of nitrogens with two attached hydrogens (primary N) is 1. The molecular formula is C7H10N4O2. The summed E-state index contributed by atoms with van der Waals surface area (Å²) in [4.78, 5) is 25.2. The molecule has 0 saturated carbocycles. The number of amides is 2. The van der Waals surface area contributed by atoms with Crippen LogP contribution >= 0.6 is 0 Å². The molecule has 0 spiro atoms. The predicted octanol–water partition coefficient (Wildman–Crippen LogP) is -1.25. The molecule has 2 amide bonds. The van der Waals surface area contributed by atoms with E-state index in [1.165, 1.54) is 24.3 Å². The van der Waals surface area contributed by atoms with E-state index in [0.717, 1.165) is 0 Å². The summed E-state index contributed by atoms with van der Waals surface area (Å²) in [5, 5.41) is 1.39. The summed E-state index contributed by atoms with van der Waals surface area (Å²) in [5.41, 5.74) is 7.75. The van der Waals surface area contributed by atoms with E-state index in [2.05, 4.69) is 10.4 Å². The van der Waals surface area contributed by atoms with Gasteiger partial charge in [0.2, 0.25) is 5.91 Å². The normalized spacial score (nSPS) is 15.2. The molecule has 6 heteroatoms. The quantitative estimate of drug-likeness (QED) is 0.559. The molecule has 1 aliphatic heterocycles. The van der Waals surface area contributed by atoms with Gasteiger partial charge in [0.05, 0.1) is 5.57 Å². The van der Waals surface area contributed by atoms with Crippen LogP contribution in [0.2, 0.25) is 0 Å². The van der Waals surface area contributed by atoms with E-state index in [-0.39, 0.29) is 18.1 Å². The van der Waals surface area contributed by atoms with Crippen molar-refractivity contribution in [1.82, 2.24) is 10.4 Å². The minimum atomic E-state index is -0.571. The molecule has 3 N–H and O–H groups in total. The second-order valence-electron chi connectivity index (χ2n) is 2.54. The van der Waals surface area contributed by atoms with Gasteiger partial charge in [0, 0.05) is 19.3 Å². The molecule has 0 atom stereocenters. The molecule has 0 aromatic rings. The van der Waals surface area contributed by atoms with Crippen molar-refractivity contribution >= 4 is 18.0 Å². The number of carbonyl (C=O) groups excluding carboxylic acids is 2. The van der Waals surface area contributed by atoms with Crippen molar-refractivity contribution in [1.29, 1.82) is 0 Å². The molecule has 0 saturated heterocycles. The molecule has 0 bridgehead atoms. The summed E-state index contributed by atoms with van der Waals surface area (Å²) in [5.74, 6) is -0.795. The fraction of sp³-hybridized carbons (Fsp3) is 0.286. The monoisotopic (exact) mass is 182 g/mol. The summed E-state index contributed by atoms with van der Waals surface area (Å²) >= 11 is 0. The first-order chi connectivity index (χ1) is 6.09. The molecule has 0 radical (unpaired) electrons. The van der Waals surface area contributed by atoms with Crippen molar-refractivity contribution in [2.24, 2.45) is 10.7 Å². The van der Waals surface area contributed by atoms with Crippen LogP contribution in [0.15, 0.2) is 16.8 Å². The largest absolute Gasteiger partial charge is 0.366 e. The molecule has 1 heterocycles. The van der Waals surface area contributed by atoms with E-state index in [0.29, 0.717) is 0 Å². The van der Waals surface area contributed by atoms with Crippen LogP contribution in [0.4, 0.5) is 0 Å². The van der Waals surface area contributed by atoms with Crippen molar-refractivity contribution in [2.45, 2.75) is 6.92 Å². The standard InChI is InChI=1S/C7H10N4O2/c1-5(12)10-11-3-6(7(8)13)2-9-4-11/h2-3H,4H2,1H3,(H2,8,13)(H,10,12). The van der Waals surface area contributed by atoms with Gasteiger partial charge in [-0.3, -0.25) is 25.0 Å². The Hall–Kier alpha value is -1.85. The molecule has 13 heavy (non-hydrogen) atoms. The maximum Gasteiger partial charge on any atom is 0.251 e. The third-order valence-corrected chi connectivity index (χ3v) is 1.34. The number of nitrogens with zero attached hydrogens (tertiary/aromatic N) is 2. The third-order valence-electron chi connectivity index (χ3n) is 1.34. The predicted molar refractivity (Wildman–Crippen MR) is 46.3 cm³/mol. The van der Waals surface area contributed by atoms with Gasteiger partial charge in [-0.05, 0) is 0 Å². The molecule has 0 aromatic carbocycles. The topological polar surface area (TPSA) is 87.8 Å². The van der Waals surface area contributed by atoms with Crippen molar-refractivity contribution in [3.63, 3.8) is 0 Å². The Balaban J connectivity index is 2.67. The van der Waals surface area contributed by atoms with Crippen LogP contribution in [-0.2, 0) is 9.59 Å². The van der Waals surface area contributed by atoms with Crippen LogP contribution in [0.1, 0.15) is 6.92 Å². The highest BCUT2D eigenvalue weighted by Gasteiger charge is 2.10. The number of hydrazine groups is 1. The Labute approximate surface area is 75.1 Å². The Kier molecular flexibility index (Phi) is 2.63. The van der Waals surface area contributed by atoms with Gasteiger partial charge < -0.3 is 5.73 Å². The number of hydrogen-bond donors (Lipinski definition) is 2. The van der Waals surface area contributed by atoms with Crippen molar-refractivity contribution < 1.29 is 9.59 Å². The summed E-state index contributed by atoms with van der Waals surface area (Å²) in [7, 11) is 0. The maximum atomic E-state index is 10.7. The molecule has 0 aromatic heterocycles. The average molecular weight is 182 g/mol. The summed E-state index contributed by atoms with van der Waals surface area (Å²) in [6, 6.07) is 0. The zero-order valence-corrected chi connectivity index (χ0v) is 7.15. The molecule has 1 aliphatic rings. The second-order valence-corrected chi connectivity index (χ2v) is 2.54. The Morgan fingerprint density at radius 2 is 2.38 bits per heavy atom. The van der Waals surface area contributed by atoms with Crippen LogP contribution < -0.4 is 11.2 Å². The lowest BCUT2D eigenvalue weighted by Crippen LogP contribution is -2.39. The lowest BCUT2D eigenvalue weighted by Gasteiger charge is -2.21. The SMILES string of the molecule is CC(=O)NN1C=C(C(N)=O)C=NC1. The van der Waals surface area contributed by atoms with Gasteiger partial charge in [0.1, 0.15) is 6.67 Å². The van der Waals surface area contributed by atoms with Crippen LogP contribution in [-0.4, -0.2) is 29.7 Å². The highest BCUT2D eigenvalue weighted by molar-refractivity contribution is 6.11. The van der Waals surface area contributed by atoms with E-state index in [9.17, 15) is 9.59 Å². The summed E-state index contributed by atoms with van der Waals surface area (Å²) in [6.07, 6.45) is 2.82. The minimum Gasteiger partial charge on any atom is -0.366 e. The highest BCUT2D eigenvalue weighted by atomic mass is 16.2. The molecule has 1 rings (SSSR count). The minimum absolute atomic E-state index is 0.225. The van der Waals surface area contributed by atoms with Gasteiger partial charge in [-0.25, -0.2) is 0 Å². The van der Waals surface area contributed by atoms with Crippen molar-refractivity contribution in [2.75, 3.05) is 6.67 Å². The molecule has 0 aliphatic carbocycles. The Bertz CT molecular complexity index is 295. The number of nitrogens with one attached hydrogen (secondary N) is 1. The number of carbonyl (C=O) groups is 2. The Morgan fingerprint density at radius 3 is 2.92 bits per heavy atom. The van der Waals surface area contributed by atoms with Gasteiger partial charge in [0.25, 0.3) is 5.91 Å². The molecule has 6 nitrogen and oxygen atoms in total. The summed E-state index contributed by atoms with van der Waals surface area (Å²) < 4.78 is 0. The smallest absolute Gasteiger partial charge is 0.251 e. The number of primary amides is 1. The molecule has 0 unspecified atom stereocenters. The molecular weight excluding hydrogens is 172 g/mol. The van der Waals surface area contributed by atoms with E-state index in [1.807, 2.05) is 0 Å². The van der Waals surface area contributed by atoms with E-state index < -0.39 is 5.91 Å². The van der Waals surface area contributed by atoms with Gasteiger partial charge in [-0.15, -0.1) is 0 Å². The lowest BCUT2D eigenvalue weighted by atomic mass is 10.3. The van der Waals surface area contributed by atoms with E-state index in [1.54, 1.807) is 0 Å². The first-order valence-corrected chi connectivity index (χ1v) is 3.65. The van der Waals surface area contributed by atoms with Crippen molar-refractivity contribution in [3.8, 4) is 0 Å². The Morgan fingerprint density at radius 1 is 1.69 bits per heavy atom. The number of aliphatic imine (C=N–C) groups is 1. The first-order valence-electron chi connectivity index (χ1n) is 3.65. The second kappa shape index (κ2) is 3.70. The van der Waals surface area contributed by atoms with Crippen LogP contribution in [0.25, 0.3) is 0 Å². The fourth-order valence-corrected chi connectivity index (χ4v) is 0.866. The molecule has 0 fully saturated rings. The third kappa shape index (κ3) is 2.58. The first kappa shape index (κ1) is 9.24. The van der Waals surface area contributed by atoms with Gasteiger partial charge in [-0.1, -0.05) is 0 Å². The van der Waals surface area contributed by atoms with E-state index >= 15 is 0 Å². The highest BCUT2D eigenvalue weighted by Crippen LogP contribution is 1.99. The van der Waals surface area contributed by atoms with Crippen LogP contribution in [0.5, 0.6) is 0 Å². The van der Waals surface area contributed by atoms with Gasteiger partial charge in [0.15, 0.2) is 0 Å².